The van der Waals surface area contributed by atoms with Gasteiger partial charge in [-0.25, -0.2) is 9.37 Å². The van der Waals surface area contributed by atoms with Crippen molar-refractivity contribution in [2.45, 2.75) is 83.3 Å². The summed E-state index contributed by atoms with van der Waals surface area (Å²) in [6.07, 6.45) is 8.25. The lowest BCUT2D eigenvalue weighted by molar-refractivity contribution is -0.0739. The smallest absolute Gasteiger partial charge is 0.138 e. The largest absolute Gasteiger partial charge is 0.376 e. The number of likely N-dealkylation sites (tertiary alicyclic amines) is 1. The van der Waals surface area contributed by atoms with Crippen LogP contribution in [0.1, 0.15) is 77.8 Å². The number of fused-ring (bicyclic) bond motifs is 1. The monoisotopic (exact) mass is 576 g/mol. The van der Waals surface area contributed by atoms with E-state index >= 15 is 4.39 Å². The number of aromatic nitrogens is 2. The number of anilines is 1. The van der Waals surface area contributed by atoms with Crippen LogP contribution < -0.4 is 4.90 Å². The van der Waals surface area contributed by atoms with E-state index in [1.807, 2.05) is 18.3 Å². The van der Waals surface area contributed by atoms with Gasteiger partial charge >= 0.3 is 0 Å². The fraction of sp³-hybridized carbons (Fsp3) is 0.629. The number of pyridine rings is 1. The van der Waals surface area contributed by atoms with Crippen LogP contribution in [0.15, 0.2) is 36.5 Å². The molecule has 0 amide bonds. The Morgan fingerprint density at radius 1 is 0.905 bits per heavy atom. The zero-order valence-electron chi connectivity index (χ0n) is 26.2. The Kier molecular flexibility index (Phi) is 8.38. The van der Waals surface area contributed by atoms with E-state index < -0.39 is 0 Å². The number of aromatic amines is 1. The molecular formula is C35H49FN4O2. The van der Waals surface area contributed by atoms with Crippen molar-refractivity contribution in [3.63, 3.8) is 0 Å². The van der Waals surface area contributed by atoms with Gasteiger partial charge in [0, 0.05) is 60.7 Å². The molecule has 0 radical (unpaired) electrons. The van der Waals surface area contributed by atoms with E-state index in [9.17, 15) is 0 Å². The molecule has 0 spiro atoms. The number of nitrogens with zero attached hydrogens (tertiary/aromatic N) is 3. The second-order valence-electron chi connectivity index (χ2n) is 14.4. The fourth-order valence-corrected chi connectivity index (χ4v) is 7.67. The van der Waals surface area contributed by atoms with Gasteiger partial charge in [0.15, 0.2) is 0 Å². The molecule has 3 saturated heterocycles. The number of nitrogens with one attached hydrogen (secondary N) is 1. The molecule has 0 aliphatic carbocycles. The third-order valence-electron chi connectivity index (χ3n) is 9.87. The van der Waals surface area contributed by atoms with E-state index in [4.69, 9.17) is 9.47 Å². The normalized spacial score (nSPS) is 25.1. The minimum absolute atomic E-state index is 0.106. The first-order chi connectivity index (χ1) is 20.1. The Bertz CT molecular complexity index is 1350. The number of rotatable bonds is 7. The first kappa shape index (κ1) is 29.6. The molecule has 6 rings (SSSR count). The highest BCUT2D eigenvalue weighted by Gasteiger charge is 2.33. The van der Waals surface area contributed by atoms with Crippen molar-refractivity contribution >= 4 is 16.7 Å². The van der Waals surface area contributed by atoms with E-state index in [0.717, 1.165) is 100 Å². The van der Waals surface area contributed by atoms with Crippen molar-refractivity contribution in [2.24, 2.45) is 11.8 Å². The van der Waals surface area contributed by atoms with Crippen LogP contribution in [0.25, 0.3) is 22.2 Å². The zero-order valence-corrected chi connectivity index (χ0v) is 26.2. The fourth-order valence-electron chi connectivity index (χ4n) is 7.67. The van der Waals surface area contributed by atoms with Crippen molar-refractivity contribution in [3.8, 4) is 11.1 Å². The molecule has 0 saturated carbocycles. The molecule has 2 aromatic heterocycles. The number of halogens is 1. The Morgan fingerprint density at radius 3 is 2.17 bits per heavy atom. The Hall–Kier alpha value is -2.48. The maximum atomic E-state index is 15.7. The van der Waals surface area contributed by atoms with Crippen LogP contribution in [0.3, 0.4) is 0 Å². The maximum Gasteiger partial charge on any atom is 0.138 e. The van der Waals surface area contributed by atoms with Gasteiger partial charge in [0.25, 0.3) is 0 Å². The molecule has 0 bridgehead atoms. The summed E-state index contributed by atoms with van der Waals surface area (Å²) < 4.78 is 27.8. The molecule has 1 aromatic carbocycles. The molecule has 3 aliphatic rings. The highest BCUT2D eigenvalue weighted by atomic mass is 19.1. The molecule has 42 heavy (non-hydrogen) atoms. The lowest BCUT2D eigenvalue weighted by atomic mass is 9.86. The highest BCUT2D eigenvalue weighted by molar-refractivity contribution is 5.94. The molecule has 2 unspecified atom stereocenters. The van der Waals surface area contributed by atoms with Gasteiger partial charge in [-0.2, -0.15) is 0 Å². The second-order valence-corrected chi connectivity index (χ2v) is 14.4. The standard InChI is InChI=1S/C35H49FN4O2/c1-34(2)20-24(11-16-41-34)22-40(23-25-12-17-42-35(3,4)21-25)27-6-7-31(36)29(18-27)28-8-13-37-33-30(28)19-32(38-33)26-9-14-39(5)15-10-26/h6-8,13,18-19,24-26H,9-12,14-17,20-23H2,1-5H3,(H,37,38). The maximum absolute atomic E-state index is 15.7. The van der Waals surface area contributed by atoms with Crippen molar-refractivity contribution < 1.29 is 13.9 Å². The average Bonchev–Trinajstić information content (AvgIpc) is 3.37. The van der Waals surface area contributed by atoms with E-state index in [1.54, 1.807) is 6.07 Å². The third-order valence-corrected chi connectivity index (χ3v) is 9.87. The summed E-state index contributed by atoms with van der Waals surface area (Å²) in [6, 6.07) is 9.93. The molecule has 3 aromatic rings. The first-order valence-corrected chi connectivity index (χ1v) is 16.0. The summed E-state index contributed by atoms with van der Waals surface area (Å²) in [6.45, 7) is 14.5. The van der Waals surface area contributed by atoms with Crippen molar-refractivity contribution in [1.82, 2.24) is 14.9 Å². The van der Waals surface area contributed by atoms with Gasteiger partial charge < -0.3 is 24.3 Å². The Labute approximate surface area is 251 Å². The summed E-state index contributed by atoms with van der Waals surface area (Å²) in [7, 11) is 2.19. The van der Waals surface area contributed by atoms with Crippen LogP contribution >= 0.6 is 0 Å². The van der Waals surface area contributed by atoms with Crippen molar-refractivity contribution in [3.05, 3.63) is 48.0 Å². The van der Waals surface area contributed by atoms with E-state index in [1.165, 1.54) is 5.69 Å². The predicted octanol–water partition coefficient (Wildman–Crippen LogP) is 7.40. The number of hydrogen-bond donors (Lipinski definition) is 1. The third kappa shape index (κ3) is 6.68. The molecule has 3 aliphatic heterocycles. The summed E-state index contributed by atoms with van der Waals surface area (Å²) in [5, 5.41) is 1.01. The highest BCUT2D eigenvalue weighted by Crippen LogP contribution is 2.38. The Morgan fingerprint density at radius 2 is 1.55 bits per heavy atom. The summed E-state index contributed by atoms with van der Waals surface area (Å²) in [4.78, 5) is 13.1. The van der Waals surface area contributed by atoms with E-state index in [2.05, 4.69) is 66.6 Å². The molecule has 1 N–H and O–H groups in total. The van der Waals surface area contributed by atoms with Crippen LogP contribution in [-0.2, 0) is 9.47 Å². The van der Waals surface area contributed by atoms with Crippen LogP contribution in [0.4, 0.5) is 10.1 Å². The molecule has 5 heterocycles. The van der Waals surface area contributed by atoms with Crippen LogP contribution in [0.2, 0.25) is 0 Å². The van der Waals surface area contributed by atoms with Gasteiger partial charge in [0.1, 0.15) is 11.5 Å². The molecule has 3 fully saturated rings. The molecule has 228 valence electrons. The average molecular weight is 577 g/mol. The quantitative estimate of drug-likeness (QED) is 0.318. The first-order valence-electron chi connectivity index (χ1n) is 16.0. The lowest BCUT2D eigenvalue weighted by Gasteiger charge is -2.41. The van der Waals surface area contributed by atoms with E-state index in [0.29, 0.717) is 23.3 Å². The van der Waals surface area contributed by atoms with Gasteiger partial charge in [0.05, 0.1) is 11.2 Å². The minimum Gasteiger partial charge on any atom is -0.376 e. The number of ether oxygens (including phenoxy) is 2. The summed E-state index contributed by atoms with van der Waals surface area (Å²) in [5.74, 6) is 1.36. The minimum atomic E-state index is -0.187. The van der Waals surface area contributed by atoms with Gasteiger partial charge in [-0.1, -0.05) is 0 Å². The molecule has 2 atom stereocenters. The van der Waals surface area contributed by atoms with Gasteiger partial charge in [-0.15, -0.1) is 0 Å². The zero-order chi connectivity index (χ0) is 29.5. The molecule has 6 nitrogen and oxygen atoms in total. The summed E-state index contributed by atoms with van der Waals surface area (Å²) in [5.41, 5.74) is 4.51. The number of benzene rings is 1. The van der Waals surface area contributed by atoms with Crippen LogP contribution in [0.5, 0.6) is 0 Å². The second kappa shape index (κ2) is 11.9. The number of hydrogen-bond acceptors (Lipinski definition) is 5. The Balaban J connectivity index is 1.32. The SMILES string of the molecule is CN1CCC(c2cc3c(-c4cc(N(CC5CCOC(C)(C)C5)CC5CCOC(C)(C)C5)ccc4F)ccnc3[nH]2)CC1. The molecular weight excluding hydrogens is 527 g/mol. The van der Waals surface area contributed by atoms with Crippen molar-refractivity contribution in [2.75, 3.05) is 51.3 Å². The van der Waals surface area contributed by atoms with Crippen molar-refractivity contribution in [1.29, 1.82) is 0 Å². The number of piperidine rings is 1. The molecule has 7 heteroatoms. The van der Waals surface area contributed by atoms with Crippen LogP contribution in [-0.4, -0.2) is 72.5 Å². The summed E-state index contributed by atoms with van der Waals surface area (Å²) >= 11 is 0. The van der Waals surface area contributed by atoms with E-state index in [-0.39, 0.29) is 17.0 Å². The van der Waals surface area contributed by atoms with Gasteiger partial charge in [0.2, 0.25) is 0 Å². The predicted molar refractivity (Wildman–Crippen MR) is 169 cm³/mol. The lowest BCUT2D eigenvalue weighted by Crippen LogP contribution is -2.43. The van der Waals surface area contributed by atoms with Gasteiger partial charge in [-0.05, 0) is 134 Å². The van der Waals surface area contributed by atoms with Crippen LogP contribution in [0, 0.1) is 17.7 Å². The number of H-pyrrole nitrogens is 1. The topological polar surface area (TPSA) is 53.6 Å². The van der Waals surface area contributed by atoms with Gasteiger partial charge in [-0.3, -0.25) is 0 Å².